The molecule has 0 spiro atoms. The van der Waals surface area contributed by atoms with Crippen LogP contribution in [-0.4, -0.2) is 55.2 Å². The van der Waals surface area contributed by atoms with Crippen LogP contribution < -0.4 is 19.9 Å². The summed E-state index contributed by atoms with van der Waals surface area (Å²) in [6.07, 6.45) is 5.81. The molecule has 1 aliphatic heterocycles. The SMILES string of the molecule is COc1ccc(N2CCN(c3cc(Cl)nc(SCc4cccc(C(=O)NC5CCCCC5)c4)n3)CC2)cc1. The molecule has 2 fully saturated rings. The summed E-state index contributed by atoms with van der Waals surface area (Å²) in [5.74, 6) is 2.39. The summed E-state index contributed by atoms with van der Waals surface area (Å²) in [5, 5.41) is 4.28. The molecule has 3 aromatic rings. The Bertz CT molecular complexity index is 1230. The molecule has 0 bridgehead atoms. The zero-order chi connectivity index (χ0) is 26.3. The minimum atomic E-state index is 0.0128. The maximum absolute atomic E-state index is 12.8. The van der Waals surface area contributed by atoms with E-state index in [9.17, 15) is 4.79 Å². The second-order valence-electron chi connectivity index (χ2n) is 9.80. The van der Waals surface area contributed by atoms with Gasteiger partial charge in [0, 0.05) is 55.3 Å². The number of amides is 1. The topological polar surface area (TPSA) is 70.6 Å². The lowest BCUT2D eigenvalue weighted by Crippen LogP contribution is -2.46. The van der Waals surface area contributed by atoms with Crippen LogP contribution in [0.3, 0.4) is 0 Å². The molecule has 1 aliphatic carbocycles. The first kappa shape index (κ1) is 26.6. The molecule has 0 unspecified atom stereocenters. The summed E-state index contributed by atoms with van der Waals surface area (Å²) >= 11 is 7.93. The predicted octanol–water partition coefficient (Wildman–Crippen LogP) is 5.82. The number of rotatable bonds is 8. The van der Waals surface area contributed by atoms with Gasteiger partial charge in [-0.15, -0.1) is 0 Å². The summed E-state index contributed by atoms with van der Waals surface area (Å²) in [4.78, 5) is 26.6. The van der Waals surface area contributed by atoms with Gasteiger partial charge in [0.25, 0.3) is 5.91 Å². The molecule has 7 nitrogen and oxygen atoms in total. The molecule has 2 heterocycles. The largest absolute Gasteiger partial charge is 0.497 e. The smallest absolute Gasteiger partial charge is 0.251 e. The Morgan fingerprint density at radius 1 is 1.00 bits per heavy atom. The van der Waals surface area contributed by atoms with E-state index in [1.165, 1.54) is 36.7 Å². The maximum Gasteiger partial charge on any atom is 0.251 e. The number of nitrogens with zero attached hydrogens (tertiary/aromatic N) is 4. The van der Waals surface area contributed by atoms with E-state index in [4.69, 9.17) is 21.3 Å². The van der Waals surface area contributed by atoms with Crippen LogP contribution in [0.4, 0.5) is 11.5 Å². The molecule has 9 heteroatoms. The van der Waals surface area contributed by atoms with Crippen LogP contribution in [0.5, 0.6) is 5.75 Å². The van der Waals surface area contributed by atoms with E-state index in [1.54, 1.807) is 7.11 Å². The molecule has 1 amide bonds. The van der Waals surface area contributed by atoms with E-state index in [-0.39, 0.29) is 5.91 Å². The number of ether oxygens (including phenoxy) is 1. The fraction of sp³-hybridized carbons (Fsp3) is 0.414. The zero-order valence-electron chi connectivity index (χ0n) is 21.7. The van der Waals surface area contributed by atoms with Gasteiger partial charge in [0.2, 0.25) is 0 Å². The summed E-state index contributed by atoms with van der Waals surface area (Å²) in [6.45, 7) is 3.49. The molecule has 1 N–H and O–H groups in total. The summed E-state index contributed by atoms with van der Waals surface area (Å²) in [5.41, 5.74) is 2.96. The number of nitrogens with one attached hydrogen (secondary N) is 1. The van der Waals surface area contributed by atoms with Gasteiger partial charge in [-0.05, 0) is 54.8 Å². The summed E-state index contributed by atoms with van der Waals surface area (Å²) in [7, 11) is 1.68. The van der Waals surface area contributed by atoms with E-state index in [0.717, 1.165) is 56.2 Å². The molecule has 38 heavy (non-hydrogen) atoms. The number of carbonyl (C=O) groups is 1. The van der Waals surface area contributed by atoms with Gasteiger partial charge in [-0.25, -0.2) is 9.97 Å². The van der Waals surface area contributed by atoms with Crippen molar-refractivity contribution in [3.63, 3.8) is 0 Å². The van der Waals surface area contributed by atoms with Crippen molar-refractivity contribution in [3.8, 4) is 5.75 Å². The molecule has 1 aromatic heterocycles. The summed E-state index contributed by atoms with van der Waals surface area (Å²) < 4.78 is 5.27. The average Bonchev–Trinajstić information content (AvgIpc) is 2.97. The van der Waals surface area contributed by atoms with Crippen molar-refractivity contribution >= 4 is 40.8 Å². The quantitative estimate of drug-likeness (QED) is 0.215. The molecule has 2 aromatic carbocycles. The number of carbonyl (C=O) groups excluding carboxylic acids is 1. The number of aromatic nitrogens is 2. The Morgan fingerprint density at radius 2 is 1.74 bits per heavy atom. The van der Waals surface area contributed by atoms with E-state index in [2.05, 4.69) is 32.2 Å². The number of piperazine rings is 1. The number of thioether (sulfide) groups is 1. The molecule has 2 aliphatic rings. The number of halogens is 1. The van der Waals surface area contributed by atoms with Crippen molar-refractivity contribution in [1.29, 1.82) is 0 Å². The van der Waals surface area contributed by atoms with Gasteiger partial charge in [-0.2, -0.15) is 0 Å². The normalized spacial score (nSPS) is 16.4. The number of anilines is 2. The van der Waals surface area contributed by atoms with Crippen molar-refractivity contribution < 1.29 is 9.53 Å². The number of benzene rings is 2. The van der Waals surface area contributed by atoms with Crippen molar-refractivity contribution in [2.75, 3.05) is 43.1 Å². The van der Waals surface area contributed by atoms with Crippen LogP contribution in [0, 0.1) is 0 Å². The highest BCUT2D eigenvalue weighted by Gasteiger charge is 2.20. The fourth-order valence-corrected chi connectivity index (χ4v) is 6.09. The molecular formula is C29H34ClN5O2S. The lowest BCUT2D eigenvalue weighted by molar-refractivity contribution is 0.0927. The number of hydrogen-bond acceptors (Lipinski definition) is 7. The van der Waals surface area contributed by atoms with Gasteiger partial charge in [0.05, 0.1) is 7.11 Å². The third-order valence-corrected chi connectivity index (χ3v) is 8.31. The monoisotopic (exact) mass is 551 g/mol. The highest BCUT2D eigenvalue weighted by Crippen LogP contribution is 2.27. The maximum atomic E-state index is 12.8. The fourth-order valence-electron chi connectivity index (χ4n) is 5.06. The molecule has 0 atom stereocenters. The van der Waals surface area contributed by atoms with E-state index in [0.29, 0.717) is 27.7 Å². The van der Waals surface area contributed by atoms with Crippen molar-refractivity contribution in [3.05, 3.63) is 70.9 Å². The second kappa shape index (κ2) is 12.7. The lowest BCUT2D eigenvalue weighted by atomic mass is 9.95. The van der Waals surface area contributed by atoms with Gasteiger partial charge in [-0.3, -0.25) is 4.79 Å². The number of methoxy groups -OCH3 is 1. The second-order valence-corrected chi connectivity index (χ2v) is 11.1. The first-order valence-electron chi connectivity index (χ1n) is 13.3. The molecule has 0 radical (unpaired) electrons. The van der Waals surface area contributed by atoms with Crippen LogP contribution in [0.2, 0.25) is 5.15 Å². The van der Waals surface area contributed by atoms with Crippen molar-refractivity contribution in [2.24, 2.45) is 0 Å². The first-order valence-corrected chi connectivity index (χ1v) is 14.6. The molecular weight excluding hydrogens is 518 g/mol. The van der Waals surface area contributed by atoms with Crippen LogP contribution in [0.1, 0.15) is 48.0 Å². The Morgan fingerprint density at radius 3 is 2.47 bits per heavy atom. The number of hydrogen-bond donors (Lipinski definition) is 1. The van der Waals surface area contributed by atoms with E-state index in [1.807, 2.05) is 42.5 Å². The molecule has 5 rings (SSSR count). The Kier molecular flexibility index (Phi) is 8.91. The third kappa shape index (κ3) is 6.91. The standard InChI is InChI=1S/C29H34ClN5O2S/c1-37-25-12-10-24(11-13-25)34-14-16-35(17-15-34)27-19-26(30)32-29(33-27)38-20-21-6-5-7-22(18-21)28(36)31-23-8-3-2-4-9-23/h5-7,10-13,18-19,23H,2-4,8-9,14-17,20H2,1H3,(H,31,36). The van der Waals surface area contributed by atoms with Gasteiger partial charge >= 0.3 is 0 Å². The van der Waals surface area contributed by atoms with Crippen LogP contribution >= 0.6 is 23.4 Å². The zero-order valence-corrected chi connectivity index (χ0v) is 23.3. The van der Waals surface area contributed by atoms with E-state index < -0.39 is 0 Å². The van der Waals surface area contributed by atoms with Crippen LogP contribution in [0.15, 0.2) is 59.8 Å². The molecule has 200 valence electrons. The average molecular weight is 552 g/mol. The minimum absolute atomic E-state index is 0.0128. The van der Waals surface area contributed by atoms with Gasteiger partial charge < -0.3 is 19.9 Å². The van der Waals surface area contributed by atoms with Crippen molar-refractivity contribution in [1.82, 2.24) is 15.3 Å². The minimum Gasteiger partial charge on any atom is -0.497 e. The van der Waals surface area contributed by atoms with Crippen molar-refractivity contribution in [2.45, 2.75) is 49.1 Å². The molecule has 1 saturated carbocycles. The van der Waals surface area contributed by atoms with Gasteiger partial charge in [0.1, 0.15) is 16.7 Å². The Balaban J connectivity index is 1.17. The third-order valence-electron chi connectivity index (χ3n) is 7.20. The summed E-state index contributed by atoms with van der Waals surface area (Å²) in [6, 6.07) is 18.1. The highest BCUT2D eigenvalue weighted by atomic mass is 35.5. The Hall–Kier alpha value is -2.97. The Labute approximate surface area is 233 Å². The first-order chi connectivity index (χ1) is 18.6. The van der Waals surface area contributed by atoms with Gasteiger partial charge in [0.15, 0.2) is 5.16 Å². The predicted molar refractivity (Wildman–Crippen MR) is 155 cm³/mol. The highest BCUT2D eigenvalue weighted by molar-refractivity contribution is 7.98. The van der Waals surface area contributed by atoms with Crippen LogP contribution in [0.25, 0.3) is 0 Å². The van der Waals surface area contributed by atoms with E-state index >= 15 is 0 Å². The van der Waals surface area contributed by atoms with Crippen LogP contribution in [-0.2, 0) is 5.75 Å². The molecule has 1 saturated heterocycles. The lowest BCUT2D eigenvalue weighted by Gasteiger charge is -2.36. The van der Waals surface area contributed by atoms with Gasteiger partial charge in [-0.1, -0.05) is 54.8 Å².